The topological polar surface area (TPSA) is 149 Å². The number of hydrogen-bond acceptors (Lipinski definition) is 9. The minimum Gasteiger partial charge on any atom is -0.450 e. The highest BCUT2D eigenvalue weighted by atomic mass is 16.6. The fourth-order valence-electron chi connectivity index (χ4n) is 2.38. The van der Waals surface area contributed by atoms with Crippen LogP contribution in [0.15, 0.2) is 6.33 Å². The van der Waals surface area contributed by atoms with Crippen molar-refractivity contribution >= 4 is 17.0 Å². The van der Waals surface area contributed by atoms with Crippen molar-refractivity contribution < 1.29 is 24.8 Å². The number of aliphatic hydroxyl groups excluding tert-OH is 3. The van der Waals surface area contributed by atoms with E-state index in [9.17, 15) is 10.2 Å². The molecule has 122 valence electrons. The number of imidazole rings is 1. The van der Waals surface area contributed by atoms with E-state index in [2.05, 4.69) is 20.9 Å². The summed E-state index contributed by atoms with van der Waals surface area (Å²) in [6.45, 7) is -0.470. The molecule has 4 atom stereocenters. The molecule has 0 aliphatic carbocycles. The van der Waals surface area contributed by atoms with Crippen LogP contribution in [0.3, 0.4) is 0 Å². The van der Waals surface area contributed by atoms with E-state index in [1.807, 2.05) is 0 Å². The summed E-state index contributed by atoms with van der Waals surface area (Å²) in [6.07, 6.45) is 2.06. The zero-order valence-corrected chi connectivity index (χ0v) is 11.9. The number of aromatic nitrogens is 4. The van der Waals surface area contributed by atoms with E-state index in [1.165, 1.54) is 10.9 Å². The Hall–Kier alpha value is -2.45. The molecule has 5 N–H and O–H groups in total. The van der Waals surface area contributed by atoms with Gasteiger partial charge < -0.3 is 30.5 Å². The molecule has 4 unspecified atom stereocenters. The molecule has 1 aliphatic rings. The Morgan fingerprint density at radius 3 is 2.83 bits per heavy atom. The lowest BCUT2D eigenvalue weighted by molar-refractivity contribution is -0.0511. The highest BCUT2D eigenvalue weighted by Gasteiger charge is 2.44. The van der Waals surface area contributed by atoms with E-state index in [0.717, 1.165) is 0 Å². The Balaban J connectivity index is 2.01. The SMILES string of the molecule is C#CCOc1nc(N)c2ncn(C3OC(CO)C(O)C3O)c2n1. The molecule has 10 heteroatoms. The van der Waals surface area contributed by atoms with Gasteiger partial charge in [-0.15, -0.1) is 6.42 Å². The molecule has 2 aromatic rings. The highest BCUT2D eigenvalue weighted by molar-refractivity contribution is 5.82. The number of fused-ring (bicyclic) bond motifs is 1. The summed E-state index contributed by atoms with van der Waals surface area (Å²) >= 11 is 0. The maximum atomic E-state index is 10.1. The summed E-state index contributed by atoms with van der Waals surface area (Å²) in [7, 11) is 0. The van der Waals surface area contributed by atoms with E-state index in [0.29, 0.717) is 0 Å². The third kappa shape index (κ3) is 2.55. The van der Waals surface area contributed by atoms with E-state index in [-0.39, 0.29) is 29.6 Å². The predicted octanol–water partition coefficient (Wildman–Crippen LogP) is -1.97. The van der Waals surface area contributed by atoms with Crippen LogP contribution >= 0.6 is 0 Å². The summed E-state index contributed by atoms with van der Waals surface area (Å²) in [4.78, 5) is 12.1. The smallest absolute Gasteiger partial charge is 0.321 e. The third-order valence-corrected chi connectivity index (χ3v) is 3.50. The van der Waals surface area contributed by atoms with Gasteiger partial charge in [0.05, 0.1) is 12.9 Å². The van der Waals surface area contributed by atoms with E-state index in [1.54, 1.807) is 0 Å². The standard InChI is InChI=1S/C13H15N5O5/c1-2-3-22-13-16-10(14)7-11(17-13)18(5-15-7)12-9(21)8(20)6(4-19)23-12/h1,5-6,8-9,12,19-21H,3-4H2,(H2,14,16,17). The molecule has 0 bridgehead atoms. The lowest BCUT2D eigenvalue weighted by atomic mass is 10.1. The van der Waals surface area contributed by atoms with Crippen LogP contribution in [0.2, 0.25) is 0 Å². The molecule has 0 amide bonds. The molecule has 23 heavy (non-hydrogen) atoms. The number of nitrogens with zero attached hydrogens (tertiary/aromatic N) is 4. The molecular formula is C13H15N5O5. The fraction of sp³-hybridized carbons (Fsp3) is 0.462. The Morgan fingerprint density at radius 1 is 1.39 bits per heavy atom. The molecule has 1 fully saturated rings. The number of nitrogens with two attached hydrogens (primary N) is 1. The molecule has 1 saturated heterocycles. The lowest BCUT2D eigenvalue weighted by Crippen LogP contribution is -2.33. The summed E-state index contributed by atoms with van der Waals surface area (Å²) in [6, 6.07) is -0.0403. The summed E-state index contributed by atoms with van der Waals surface area (Å²) in [5.74, 6) is 2.36. The van der Waals surface area contributed by atoms with E-state index in [4.69, 9.17) is 26.7 Å². The van der Waals surface area contributed by atoms with Crippen molar-refractivity contribution in [3.63, 3.8) is 0 Å². The van der Waals surface area contributed by atoms with Crippen LogP contribution in [-0.4, -0.2) is 66.4 Å². The first-order chi connectivity index (χ1) is 11.1. The van der Waals surface area contributed by atoms with Crippen LogP contribution in [0, 0.1) is 12.3 Å². The van der Waals surface area contributed by atoms with Crippen molar-refractivity contribution in [1.29, 1.82) is 0 Å². The number of hydrogen-bond donors (Lipinski definition) is 4. The van der Waals surface area contributed by atoms with Gasteiger partial charge in [-0.2, -0.15) is 9.97 Å². The Labute approximate surface area is 130 Å². The average Bonchev–Trinajstić information content (AvgIpc) is 3.08. The molecule has 3 heterocycles. The molecule has 0 spiro atoms. The van der Waals surface area contributed by atoms with Crippen molar-refractivity contribution in [2.45, 2.75) is 24.5 Å². The number of aliphatic hydroxyl groups is 3. The largest absolute Gasteiger partial charge is 0.450 e. The Kier molecular flexibility index (Phi) is 4.01. The van der Waals surface area contributed by atoms with Crippen LogP contribution in [0.4, 0.5) is 5.82 Å². The second kappa shape index (κ2) is 5.98. The van der Waals surface area contributed by atoms with Crippen LogP contribution in [0.5, 0.6) is 6.01 Å². The Bertz CT molecular complexity index is 757. The minimum absolute atomic E-state index is 0.0348. The normalized spacial score (nSPS) is 27.2. The average molecular weight is 321 g/mol. The number of anilines is 1. The maximum Gasteiger partial charge on any atom is 0.321 e. The van der Waals surface area contributed by atoms with E-state index >= 15 is 0 Å². The monoisotopic (exact) mass is 321 g/mol. The fourth-order valence-corrected chi connectivity index (χ4v) is 2.38. The molecule has 0 saturated carbocycles. The van der Waals surface area contributed by atoms with Crippen LogP contribution in [-0.2, 0) is 4.74 Å². The predicted molar refractivity (Wildman–Crippen MR) is 77.1 cm³/mol. The molecule has 1 aliphatic heterocycles. The van der Waals surface area contributed by atoms with Crippen molar-refractivity contribution in [1.82, 2.24) is 19.5 Å². The van der Waals surface area contributed by atoms with Crippen molar-refractivity contribution in [2.75, 3.05) is 18.9 Å². The second-order valence-electron chi connectivity index (χ2n) is 4.94. The van der Waals surface area contributed by atoms with Gasteiger partial charge in [0.1, 0.15) is 18.3 Å². The van der Waals surface area contributed by atoms with Crippen molar-refractivity contribution in [3.05, 3.63) is 6.33 Å². The van der Waals surface area contributed by atoms with Gasteiger partial charge >= 0.3 is 6.01 Å². The van der Waals surface area contributed by atoms with Crippen LogP contribution in [0.25, 0.3) is 11.2 Å². The van der Waals surface area contributed by atoms with Crippen LogP contribution in [0.1, 0.15) is 6.23 Å². The van der Waals surface area contributed by atoms with Gasteiger partial charge in [0.25, 0.3) is 0 Å². The highest BCUT2D eigenvalue weighted by Crippen LogP contribution is 2.32. The van der Waals surface area contributed by atoms with Gasteiger partial charge in [-0.25, -0.2) is 4.98 Å². The molecule has 10 nitrogen and oxygen atoms in total. The summed E-state index contributed by atoms with van der Waals surface area (Å²) in [5, 5.41) is 29.1. The van der Waals surface area contributed by atoms with Gasteiger partial charge in [0.2, 0.25) is 0 Å². The van der Waals surface area contributed by atoms with Crippen LogP contribution < -0.4 is 10.5 Å². The third-order valence-electron chi connectivity index (χ3n) is 3.50. The van der Waals surface area contributed by atoms with Gasteiger partial charge in [-0.1, -0.05) is 5.92 Å². The maximum absolute atomic E-state index is 10.1. The minimum atomic E-state index is -1.27. The number of terminal acetylenes is 1. The quantitative estimate of drug-likeness (QED) is 0.470. The number of rotatable bonds is 4. The van der Waals surface area contributed by atoms with Crippen molar-refractivity contribution in [3.8, 4) is 18.4 Å². The Morgan fingerprint density at radius 2 is 2.17 bits per heavy atom. The van der Waals surface area contributed by atoms with Gasteiger partial charge in [0, 0.05) is 0 Å². The number of nitrogen functional groups attached to an aromatic ring is 1. The lowest BCUT2D eigenvalue weighted by Gasteiger charge is -2.16. The first-order valence-electron chi connectivity index (χ1n) is 6.75. The second-order valence-corrected chi connectivity index (χ2v) is 4.94. The van der Waals surface area contributed by atoms with E-state index < -0.39 is 31.1 Å². The summed E-state index contributed by atoms with van der Waals surface area (Å²) < 4.78 is 12.0. The molecule has 0 radical (unpaired) electrons. The molecule has 3 rings (SSSR count). The zero-order valence-electron chi connectivity index (χ0n) is 11.9. The first-order valence-corrected chi connectivity index (χ1v) is 6.75. The summed E-state index contributed by atoms with van der Waals surface area (Å²) in [5.41, 5.74) is 6.34. The van der Waals surface area contributed by atoms with Gasteiger partial charge in [-0.3, -0.25) is 4.57 Å². The number of ether oxygens (including phenoxy) is 2. The zero-order chi connectivity index (χ0) is 16.6. The molecular weight excluding hydrogens is 306 g/mol. The first kappa shape index (κ1) is 15.4. The molecule has 0 aromatic carbocycles. The molecule has 2 aromatic heterocycles. The van der Waals surface area contributed by atoms with Gasteiger partial charge in [-0.05, 0) is 0 Å². The van der Waals surface area contributed by atoms with Gasteiger partial charge in [0.15, 0.2) is 29.8 Å². The van der Waals surface area contributed by atoms with Crippen molar-refractivity contribution in [2.24, 2.45) is 0 Å².